The van der Waals surface area contributed by atoms with Crippen molar-refractivity contribution >= 4 is 6.09 Å². The number of hydrogen-bond acceptors (Lipinski definition) is 5. The second kappa shape index (κ2) is 24.3. The minimum absolute atomic E-state index is 0.0527. The number of rotatable bonds is 27. The van der Waals surface area contributed by atoms with Gasteiger partial charge < -0.3 is 23.8 Å². The summed E-state index contributed by atoms with van der Waals surface area (Å²) in [4.78, 5) is 15.6. The van der Waals surface area contributed by atoms with E-state index in [1.165, 1.54) is 77.0 Å². The minimum atomic E-state index is -0.169. The van der Waals surface area contributed by atoms with Crippen LogP contribution in [0.5, 0.6) is 0 Å². The summed E-state index contributed by atoms with van der Waals surface area (Å²) in [5.41, 5.74) is 1.34. The molecule has 0 heterocycles. The van der Waals surface area contributed by atoms with E-state index in [9.17, 15) is 4.79 Å². The molecule has 6 heteroatoms. The van der Waals surface area contributed by atoms with Crippen molar-refractivity contribution in [2.75, 3.05) is 32.9 Å². The van der Waals surface area contributed by atoms with E-state index in [-0.39, 0.29) is 29.1 Å². The van der Waals surface area contributed by atoms with E-state index in [0.29, 0.717) is 68.0 Å². The van der Waals surface area contributed by atoms with Gasteiger partial charge in [0.1, 0.15) is 6.61 Å². The van der Waals surface area contributed by atoms with Gasteiger partial charge in [-0.15, -0.1) is 19.7 Å². The second-order valence-corrected chi connectivity index (χ2v) is 19.6. The molecule has 332 valence electrons. The van der Waals surface area contributed by atoms with Gasteiger partial charge in [0, 0.05) is 18.5 Å². The molecule has 0 aromatic heterocycles. The molecule has 0 bridgehead atoms. The van der Waals surface area contributed by atoms with Crippen LogP contribution in [-0.2, 0) is 25.6 Å². The highest BCUT2D eigenvalue weighted by molar-refractivity contribution is 5.67. The predicted octanol–water partition coefficient (Wildman–Crippen LogP) is 13.6. The zero-order valence-electron chi connectivity index (χ0n) is 38.1. The summed E-state index contributed by atoms with van der Waals surface area (Å²) in [6.45, 7) is 25.7. The monoisotopic (exact) mass is 816 g/mol. The number of nitrogens with zero attached hydrogens (tertiary/aromatic N) is 1. The lowest BCUT2D eigenvalue weighted by atomic mass is 9.43. The largest absolute Gasteiger partial charge is 0.445 e. The molecule has 1 aromatic carbocycles. The third kappa shape index (κ3) is 12.4. The van der Waals surface area contributed by atoms with Gasteiger partial charge in [-0.1, -0.05) is 134 Å². The van der Waals surface area contributed by atoms with Crippen molar-refractivity contribution in [1.82, 2.24) is 4.90 Å². The third-order valence-electron chi connectivity index (χ3n) is 16.1. The van der Waals surface area contributed by atoms with Crippen LogP contribution in [0.15, 0.2) is 68.3 Å². The molecule has 4 aliphatic rings. The highest BCUT2D eigenvalue weighted by Crippen LogP contribution is 2.69. The molecule has 1 aromatic rings. The maximum absolute atomic E-state index is 13.6. The molecule has 59 heavy (non-hydrogen) atoms. The lowest BCUT2D eigenvalue weighted by Crippen LogP contribution is -2.63. The first-order valence-electron chi connectivity index (χ1n) is 24.3. The highest BCUT2D eigenvalue weighted by Gasteiger charge is 2.66. The van der Waals surface area contributed by atoms with Gasteiger partial charge in [0.25, 0.3) is 0 Å². The Morgan fingerprint density at radius 3 is 2.12 bits per heavy atom. The summed E-state index contributed by atoms with van der Waals surface area (Å²) in [6, 6.07) is 10.1. The summed E-state index contributed by atoms with van der Waals surface area (Å²) in [7, 11) is 0. The summed E-state index contributed by atoms with van der Waals surface area (Å²) in [5.74, 6) is 3.27. The topological polar surface area (TPSA) is 57.2 Å². The second-order valence-electron chi connectivity index (χ2n) is 19.6. The number of amides is 1. The van der Waals surface area contributed by atoms with Crippen LogP contribution in [0.2, 0.25) is 0 Å². The van der Waals surface area contributed by atoms with E-state index < -0.39 is 0 Å². The third-order valence-corrected chi connectivity index (χ3v) is 16.1. The first kappa shape index (κ1) is 47.6. The van der Waals surface area contributed by atoms with E-state index in [4.69, 9.17) is 18.9 Å². The molecule has 1 amide bonds. The lowest BCUT2D eigenvalue weighted by Gasteiger charge is -2.64. The summed E-state index contributed by atoms with van der Waals surface area (Å²) in [6.07, 6.45) is 29.4. The van der Waals surface area contributed by atoms with Crippen molar-refractivity contribution in [3.63, 3.8) is 0 Å². The maximum Gasteiger partial charge on any atom is 0.410 e. The number of carbonyl (C=O) groups is 1. The molecule has 4 saturated carbocycles. The van der Waals surface area contributed by atoms with E-state index >= 15 is 0 Å². The van der Waals surface area contributed by atoms with Gasteiger partial charge in [0.15, 0.2) is 0 Å². The highest BCUT2D eigenvalue weighted by atomic mass is 16.6. The molecule has 0 saturated heterocycles. The van der Waals surface area contributed by atoms with Gasteiger partial charge >= 0.3 is 6.09 Å². The van der Waals surface area contributed by atoms with Crippen LogP contribution in [-0.4, -0.2) is 62.2 Å². The molecule has 6 nitrogen and oxygen atoms in total. The predicted molar refractivity (Wildman–Crippen MR) is 244 cm³/mol. The summed E-state index contributed by atoms with van der Waals surface area (Å²) in [5, 5.41) is 0. The van der Waals surface area contributed by atoms with E-state index in [1.807, 2.05) is 53.5 Å². The molecule has 0 radical (unpaired) electrons. The number of benzene rings is 1. The van der Waals surface area contributed by atoms with Gasteiger partial charge in [-0.2, -0.15) is 0 Å². The molecule has 0 aliphatic heterocycles. The maximum atomic E-state index is 13.6. The molecule has 0 spiro atoms. The van der Waals surface area contributed by atoms with Crippen molar-refractivity contribution in [2.24, 2.45) is 46.3 Å². The average Bonchev–Trinajstić information content (AvgIpc) is 3.61. The Morgan fingerprint density at radius 1 is 0.780 bits per heavy atom. The number of ether oxygens (including phenoxy) is 4. The van der Waals surface area contributed by atoms with E-state index in [0.717, 1.165) is 63.6 Å². The zero-order chi connectivity index (χ0) is 42.1. The molecule has 11 atom stereocenters. The Hall–Kier alpha value is -2.41. The van der Waals surface area contributed by atoms with Crippen molar-refractivity contribution in [2.45, 2.75) is 175 Å². The lowest BCUT2D eigenvalue weighted by molar-refractivity contribution is -0.223. The fourth-order valence-corrected chi connectivity index (χ4v) is 12.9. The van der Waals surface area contributed by atoms with Crippen LogP contribution in [0.1, 0.15) is 155 Å². The van der Waals surface area contributed by atoms with Gasteiger partial charge in [-0.25, -0.2) is 4.79 Å². The van der Waals surface area contributed by atoms with Crippen LogP contribution >= 0.6 is 0 Å². The Bertz CT molecular complexity index is 1400. The number of hydrogen-bond donors (Lipinski definition) is 0. The number of fused-ring (bicyclic) bond motifs is 5. The van der Waals surface area contributed by atoms with Crippen LogP contribution in [0.25, 0.3) is 0 Å². The quantitative estimate of drug-likeness (QED) is 0.0654. The Balaban J connectivity index is 1.24. The Kier molecular flexibility index (Phi) is 19.6. The van der Waals surface area contributed by atoms with Crippen molar-refractivity contribution < 1.29 is 23.7 Å². The van der Waals surface area contributed by atoms with E-state index in [1.54, 1.807) is 0 Å². The fourth-order valence-electron chi connectivity index (χ4n) is 12.9. The molecular weight excluding hydrogens is 731 g/mol. The molecular formula is C53H85NO5. The Morgan fingerprint density at radius 2 is 1.42 bits per heavy atom. The van der Waals surface area contributed by atoms with Gasteiger partial charge in [-0.3, -0.25) is 0 Å². The molecule has 4 aliphatic carbocycles. The van der Waals surface area contributed by atoms with Crippen LogP contribution in [0.3, 0.4) is 0 Å². The first-order valence-corrected chi connectivity index (χ1v) is 24.3. The average molecular weight is 816 g/mol. The van der Waals surface area contributed by atoms with Crippen molar-refractivity contribution in [3.05, 3.63) is 73.9 Å². The normalized spacial score (nSPS) is 31.7. The van der Waals surface area contributed by atoms with Gasteiger partial charge in [0.05, 0.1) is 38.1 Å². The van der Waals surface area contributed by atoms with Crippen molar-refractivity contribution in [1.29, 1.82) is 0 Å². The molecule has 0 N–H and O–H groups in total. The van der Waals surface area contributed by atoms with Crippen LogP contribution in [0.4, 0.5) is 4.79 Å². The van der Waals surface area contributed by atoms with E-state index in [2.05, 4.69) is 47.4 Å². The van der Waals surface area contributed by atoms with Gasteiger partial charge in [0.2, 0.25) is 0 Å². The fraction of sp³-hybridized carbons (Fsp3) is 0.755. The van der Waals surface area contributed by atoms with Gasteiger partial charge in [-0.05, 0) is 111 Å². The standard InChI is InChI=1S/C53H85NO5/c1-8-12-13-14-15-16-17-18-19-23-32-54(51(55)59-40-42-26-21-20-22-27-42)33-24-25-41(5)45-28-29-46-50-47(39-49(53(45,46)7)58-36-11-4)52(6)31-30-44(56-34-9-2)37-43(52)38-48(50)57-35-10-3/h9-11,20-22,26-27,41,43-50H,2-4,8,12-19,23-25,28-40H2,1,5-7H3/t41?,43?,44-,45?,46+,47+,48-,49+,50?,52?,53?/m1/s1. The molecule has 4 fully saturated rings. The SMILES string of the molecule is C=CCO[C@@H]1CCC2(C)C(C1)C[C@@H](OCC=C)C1[C@@H]2C[C@H](OCC=C)C2(C)C(C(C)CCCN(CCCCCCCCCCCC)C(=O)OCc3ccccc3)CC[C@@H]12. The first-order chi connectivity index (χ1) is 28.7. The van der Waals surface area contributed by atoms with Crippen LogP contribution in [0, 0.1) is 46.3 Å². The Labute approximate surface area is 361 Å². The van der Waals surface area contributed by atoms with Crippen LogP contribution < -0.4 is 0 Å². The summed E-state index contributed by atoms with van der Waals surface area (Å²) >= 11 is 0. The smallest absolute Gasteiger partial charge is 0.410 e. The van der Waals surface area contributed by atoms with Crippen molar-refractivity contribution in [3.8, 4) is 0 Å². The zero-order valence-corrected chi connectivity index (χ0v) is 38.1. The molecule has 6 unspecified atom stereocenters. The number of unbranched alkanes of at least 4 members (excludes halogenated alkanes) is 9. The minimum Gasteiger partial charge on any atom is -0.445 e. The molecule has 5 rings (SSSR count). The number of carbonyl (C=O) groups excluding carboxylic acids is 1. The summed E-state index contributed by atoms with van der Waals surface area (Å²) < 4.78 is 26.0.